The molecular weight excluding hydrogens is 227 g/mol. The molecule has 0 amide bonds. The zero-order chi connectivity index (χ0) is 12.3. The second-order valence-corrected chi connectivity index (χ2v) is 4.56. The molecule has 1 fully saturated rings. The van der Waals surface area contributed by atoms with Gasteiger partial charge in [-0.1, -0.05) is 24.3 Å². The van der Waals surface area contributed by atoms with E-state index in [-0.39, 0.29) is 6.54 Å². The number of hydrogen-bond acceptors (Lipinski definition) is 1. The van der Waals surface area contributed by atoms with Crippen molar-refractivity contribution < 1.29 is 13.2 Å². The molecule has 2 rings (SSSR count). The van der Waals surface area contributed by atoms with Crippen LogP contribution in [0.5, 0.6) is 0 Å². The van der Waals surface area contributed by atoms with Crippen LogP contribution < -0.4 is 5.32 Å². The molecule has 4 heteroatoms. The summed E-state index contributed by atoms with van der Waals surface area (Å²) in [5, 5.41) is 2.82. The third kappa shape index (κ3) is 4.38. The molecule has 1 nitrogen and oxygen atoms in total. The van der Waals surface area contributed by atoms with E-state index in [2.05, 4.69) is 17.4 Å². The van der Waals surface area contributed by atoms with Crippen LogP contribution in [0, 0.1) is 0 Å². The number of benzene rings is 1. The molecule has 0 aliphatic heterocycles. The summed E-state index contributed by atoms with van der Waals surface area (Å²) in [5.41, 5.74) is 2.39. The van der Waals surface area contributed by atoms with Gasteiger partial charge in [0.25, 0.3) is 0 Å². The average Bonchev–Trinajstić information content (AvgIpc) is 3.07. The highest BCUT2D eigenvalue weighted by atomic mass is 19.4. The fraction of sp³-hybridized carbons (Fsp3) is 0.538. The number of rotatable bonds is 5. The van der Waals surface area contributed by atoms with Crippen molar-refractivity contribution in [2.45, 2.75) is 37.9 Å². The maximum absolute atomic E-state index is 11.9. The Morgan fingerprint density at radius 3 is 2.65 bits per heavy atom. The van der Waals surface area contributed by atoms with Crippen molar-refractivity contribution in [2.75, 3.05) is 6.54 Å². The van der Waals surface area contributed by atoms with Crippen LogP contribution >= 0.6 is 0 Å². The van der Waals surface area contributed by atoms with Crippen LogP contribution in [-0.4, -0.2) is 12.7 Å². The molecule has 0 saturated heterocycles. The van der Waals surface area contributed by atoms with Gasteiger partial charge in [-0.05, 0) is 29.9 Å². The second kappa shape index (κ2) is 5.08. The number of alkyl halides is 3. The molecule has 1 aromatic rings. The molecule has 1 saturated carbocycles. The van der Waals surface area contributed by atoms with E-state index in [0.29, 0.717) is 12.5 Å². The molecule has 0 unspecified atom stereocenters. The Morgan fingerprint density at radius 1 is 1.24 bits per heavy atom. The summed E-state index contributed by atoms with van der Waals surface area (Å²) < 4.78 is 35.8. The van der Waals surface area contributed by atoms with E-state index in [4.69, 9.17) is 0 Å². The number of halogens is 3. The lowest BCUT2D eigenvalue weighted by atomic mass is 10.1. The molecule has 17 heavy (non-hydrogen) atoms. The summed E-state index contributed by atoms with van der Waals surface area (Å²) >= 11 is 0. The van der Waals surface area contributed by atoms with Crippen molar-refractivity contribution in [2.24, 2.45) is 0 Å². The fourth-order valence-electron chi connectivity index (χ4n) is 1.84. The summed E-state index contributed by atoms with van der Waals surface area (Å²) in [5.74, 6) is 0.685. The van der Waals surface area contributed by atoms with Gasteiger partial charge in [-0.15, -0.1) is 0 Å². The van der Waals surface area contributed by atoms with Crippen LogP contribution in [0.25, 0.3) is 0 Å². The highest BCUT2D eigenvalue weighted by Gasteiger charge is 2.26. The third-order valence-corrected chi connectivity index (χ3v) is 2.91. The van der Waals surface area contributed by atoms with Crippen molar-refractivity contribution in [3.8, 4) is 0 Å². The van der Waals surface area contributed by atoms with Gasteiger partial charge in [-0.2, -0.15) is 13.2 Å². The quantitative estimate of drug-likeness (QED) is 0.779. The van der Waals surface area contributed by atoms with Gasteiger partial charge in [0.15, 0.2) is 0 Å². The molecule has 1 aliphatic rings. The number of hydrogen-bond donors (Lipinski definition) is 1. The van der Waals surface area contributed by atoms with E-state index in [1.165, 1.54) is 18.4 Å². The Hall–Kier alpha value is -1.03. The van der Waals surface area contributed by atoms with Gasteiger partial charge in [0.2, 0.25) is 0 Å². The summed E-state index contributed by atoms with van der Waals surface area (Å²) in [7, 11) is 0. The average molecular weight is 243 g/mol. The molecular formula is C13H16F3N. The van der Waals surface area contributed by atoms with E-state index >= 15 is 0 Å². The van der Waals surface area contributed by atoms with Crippen molar-refractivity contribution in [1.29, 1.82) is 0 Å². The Kier molecular flexibility index (Phi) is 3.72. The van der Waals surface area contributed by atoms with Crippen LogP contribution in [0.3, 0.4) is 0 Å². The topological polar surface area (TPSA) is 12.0 Å². The Labute approximate surface area is 99.0 Å². The van der Waals surface area contributed by atoms with Gasteiger partial charge in [0.1, 0.15) is 0 Å². The molecule has 0 atom stereocenters. The van der Waals surface area contributed by atoms with Crippen molar-refractivity contribution in [3.63, 3.8) is 0 Å². The van der Waals surface area contributed by atoms with Crippen LogP contribution in [0.2, 0.25) is 0 Å². The predicted octanol–water partition coefficient (Wildman–Crippen LogP) is 3.61. The van der Waals surface area contributed by atoms with Crippen molar-refractivity contribution in [1.82, 2.24) is 5.32 Å². The molecule has 0 bridgehead atoms. The monoisotopic (exact) mass is 243 g/mol. The Balaban J connectivity index is 1.76. The second-order valence-electron chi connectivity index (χ2n) is 4.56. The van der Waals surface area contributed by atoms with E-state index in [0.717, 1.165) is 5.56 Å². The molecule has 94 valence electrons. The highest BCUT2D eigenvalue weighted by molar-refractivity contribution is 5.29. The van der Waals surface area contributed by atoms with E-state index in [1.54, 1.807) is 0 Å². The summed E-state index contributed by atoms with van der Waals surface area (Å²) in [6.45, 7) is 0.494. The summed E-state index contributed by atoms with van der Waals surface area (Å²) in [6, 6.07) is 8.12. The molecule has 0 aromatic heterocycles. The molecule has 0 radical (unpaired) electrons. The lowest BCUT2D eigenvalue weighted by Gasteiger charge is -2.08. The smallest absolute Gasteiger partial charge is 0.312 e. The zero-order valence-corrected chi connectivity index (χ0v) is 9.56. The maximum atomic E-state index is 11.9. The molecule has 1 aliphatic carbocycles. The van der Waals surface area contributed by atoms with Gasteiger partial charge in [-0.3, -0.25) is 0 Å². The SMILES string of the molecule is FC(F)(F)CCNCc1cccc(C2CC2)c1. The Bertz CT molecular complexity index is 369. The van der Waals surface area contributed by atoms with Crippen molar-refractivity contribution in [3.05, 3.63) is 35.4 Å². The first-order valence-corrected chi connectivity index (χ1v) is 5.91. The van der Waals surface area contributed by atoms with Gasteiger partial charge in [-0.25, -0.2) is 0 Å². The zero-order valence-electron chi connectivity index (χ0n) is 9.56. The highest BCUT2D eigenvalue weighted by Crippen LogP contribution is 2.40. The molecule has 0 spiro atoms. The van der Waals surface area contributed by atoms with Crippen LogP contribution in [0.4, 0.5) is 13.2 Å². The maximum Gasteiger partial charge on any atom is 0.390 e. The van der Waals surface area contributed by atoms with E-state index in [1.807, 2.05) is 12.1 Å². The molecule has 1 aromatic carbocycles. The van der Waals surface area contributed by atoms with Crippen molar-refractivity contribution >= 4 is 0 Å². The normalized spacial score (nSPS) is 16.2. The minimum Gasteiger partial charge on any atom is -0.312 e. The minimum absolute atomic E-state index is 0.0167. The van der Waals surface area contributed by atoms with Crippen LogP contribution in [0.15, 0.2) is 24.3 Å². The van der Waals surface area contributed by atoms with E-state index < -0.39 is 12.6 Å². The predicted molar refractivity (Wildman–Crippen MR) is 60.8 cm³/mol. The standard InChI is InChI=1S/C13H16F3N/c14-13(15,16)6-7-17-9-10-2-1-3-12(8-10)11-4-5-11/h1-3,8,11,17H,4-7,9H2. The Morgan fingerprint density at radius 2 is 2.00 bits per heavy atom. The molecule has 0 heterocycles. The third-order valence-electron chi connectivity index (χ3n) is 2.91. The number of nitrogens with one attached hydrogen (secondary N) is 1. The van der Waals surface area contributed by atoms with Gasteiger partial charge in [0.05, 0.1) is 6.42 Å². The first-order valence-electron chi connectivity index (χ1n) is 5.91. The van der Waals surface area contributed by atoms with Crippen LogP contribution in [-0.2, 0) is 6.54 Å². The van der Waals surface area contributed by atoms with E-state index in [9.17, 15) is 13.2 Å². The van der Waals surface area contributed by atoms with Gasteiger partial charge in [0, 0.05) is 13.1 Å². The van der Waals surface area contributed by atoms with Gasteiger partial charge >= 0.3 is 6.18 Å². The minimum atomic E-state index is -4.07. The van der Waals surface area contributed by atoms with Gasteiger partial charge < -0.3 is 5.32 Å². The first-order chi connectivity index (χ1) is 8.04. The lowest BCUT2D eigenvalue weighted by molar-refractivity contribution is -0.133. The summed E-state index contributed by atoms with van der Waals surface area (Å²) in [4.78, 5) is 0. The lowest BCUT2D eigenvalue weighted by Crippen LogP contribution is -2.21. The largest absolute Gasteiger partial charge is 0.390 e. The fourth-order valence-corrected chi connectivity index (χ4v) is 1.84. The van der Waals surface area contributed by atoms with Crippen LogP contribution in [0.1, 0.15) is 36.3 Å². The summed E-state index contributed by atoms with van der Waals surface area (Å²) in [6.07, 6.45) is -2.35. The molecule has 1 N–H and O–H groups in total. The first kappa shape index (κ1) is 12.4.